The fraction of sp³-hybridized carbons (Fsp3) is 0.724. The van der Waals surface area contributed by atoms with E-state index >= 15 is 0 Å². The fourth-order valence-corrected chi connectivity index (χ4v) is 3.93. The molecule has 1 aromatic carbocycles. The van der Waals surface area contributed by atoms with E-state index < -0.39 is 0 Å². The van der Waals surface area contributed by atoms with Gasteiger partial charge in [0, 0.05) is 19.3 Å². The minimum atomic E-state index is -0.245. The van der Waals surface area contributed by atoms with E-state index in [1.165, 1.54) is 77.0 Å². The number of ether oxygens (including phenoxy) is 2. The molecule has 0 amide bonds. The van der Waals surface area contributed by atoms with Crippen molar-refractivity contribution < 1.29 is 19.1 Å². The number of hydrogen-bond donors (Lipinski definition) is 0. The predicted molar refractivity (Wildman–Crippen MR) is 136 cm³/mol. The van der Waals surface area contributed by atoms with Crippen LogP contribution in [0.3, 0.4) is 0 Å². The van der Waals surface area contributed by atoms with E-state index in [-0.39, 0.29) is 24.8 Å². The van der Waals surface area contributed by atoms with Gasteiger partial charge in [0.1, 0.15) is 0 Å². The maximum Gasteiger partial charge on any atom is 0.305 e. The number of unbranched alkanes of at least 4 members (excludes halogenated alkanes) is 13. The van der Waals surface area contributed by atoms with Crippen molar-refractivity contribution >= 4 is 11.9 Å². The normalized spacial score (nSPS) is 10.8. The van der Waals surface area contributed by atoms with Crippen LogP contribution in [0, 0.1) is 0 Å². The maximum absolute atomic E-state index is 11.8. The summed E-state index contributed by atoms with van der Waals surface area (Å²) >= 11 is 0. The summed E-state index contributed by atoms with van der Waals surface area (Å²) in [5.41, 5.74) is 1.15. The standard InChI is InChI=1S/C29H48O4/c1-2-3-4-5-6-7-8-9-10-11-12-13-14-18-25-32-28(30)22-19-23-29(31)33-26-24-27-20-16-15-17-21-27/h15-17,20-21H,2-14,18-19,22-26H2,1H3. The lowest BCUT2D eigenvalue weighted by Gasteiger charge is -2.06. The van der Waals surface area contributed by atoms with Crippen molar-refractivity contribution in [3.8, 4) is 0 Å². The minimum Gasteiger partial charge on any atom is -0.466 e. The molecule has 188 valence electrons. The average Bonchev–Trinajstić information content (AvgIpc) is 2.82. The second-order valence-corrected chi connectivity index (χ2v) is 9.13. The molecular weight excluding hydrogens is 412 g/mol. The molecule has 1 aromatic rings. The fourth-order valence-electron chi connectivity index (χ4n) is 3.93. The lowest BCUT2D eigenvalue weighted by atomic mass is 10.0. The molecule has 0 unspecified atom stereocenters. The summed E-state index contributed by atoms with van der Waals surface area (Å²) in [6.45, 7) is 3.15. The number of carbonyl (C=O) groups excluding carboxylic acids is 2. The van der Waals surface area contributed by atoms with E-state index in [0.717, 1.165) is 18.4 Å². The van der Waals surface area contributed by atoms with E-state index in [9.17, 15) is 9.59 Å². The Hall–Kier alpha value is -1.84. The Morgan fingerprint density at radius 1 is 0.576 bits per heavy atom. The molecule has 0 aliphatic carbocycles. The summed E-state index contributed by atoms with van der Waals surface area (Å²) in [4.78, 5) is 23.5. The molecule has 0 fully saturated rings. The zero-order valence-corrected chi connectivity index (χ0v) is 21.2. The third-order valence-electron chi connectivity index (χ3n) is 6.02. The molecule has 0 aromatic heterocycles. The molecule has 33 heavy (non-hydrogen) atoms. The SMILES string of the molecule is CCCCCCCCCCCCCCCCOC(=O)CCCC(=O)OCCc1ccccc1. The van der Waals surface area contributed by atoms with Gasteiger partial charge in [-0.1, -0.05) is 121 Å². The van der Waals surface area contributed by atoms with E-state index in [1.807, 2.05) is 30.3 Å². The Morgan fingerprint density at radius 2 is 1.03 bits per heavy atom. The lowest BCUT2D eigenvalue weighted by molar-refractivity contribution is -0.145. The van der Waals surface area contributed by atoms with Crippen molar-refractivity contribution in [2.24, 2.45) is 0 Å². The molecule has 0 atom stereocenters. The summed E-state index contributed by atoms with van der Waals surface area (Å²) in [6, 6.07) is 9.95. The number of carbonyl (C=O) groups is 2. The number of benzene rings is 1. The van der Waals surface area contributed by atoms with Crippen molar-refractivity contribution in [3.63, 3.8) is 0 Å². The van der Waals surface area contributed by atoms with Crippen molar-refractivity contribution in [1.29, 1.82) is 0 Å². The van der Waals surface area contributed by atoms with Gasteiger partial charge in [0.25, 0.3) is 0 Å². The molecule has 0 saturated carbocycles. The number of esters is 2. The lowest BCUT2D eigenvalue weighted by Crippen LogP contribution is -2.10. The van der Waals surface area contributed by atoms with Crippen molar-refractivity contribution in [2.75, 3.05) is 13.2 Å². The van der Waals surface area contributed by atoms with Gasteiger partial charge in [-0.3, -0.25) is 9.59 Å². The van der Waals surface area contributed by atoms with Gasteiger partial charge in [0.05, 0.1) is 13.2 Å². The number of hydrogen-bond acceptors (Lipinski definition) is 4. The highest BCUT2D eigenvalue weighted by atomic mass is 16.5. The molecule has 0 heterocycles. The number of rotatable bonds is 22. The first-order chi connectivity index (χ1) is 16.2. The Morgan fingerprint density at radius 3 is 1.55 bits per heavy atom. The van der Waals surface area contributed by atoms with Crippen LogP contribution < -0.4 is 0 Å². The van der Waals surface area contributed by atoms with Gasteiger partial charge in [0.15, 0.2) is 0 Å². The van der Waals surface area contributed by atoms with Crippen LogP contribution in [0.25, 0.3) is 0 Å². The molecular formula is C29H48O4. The van der Waals surface area contributed by atoms with Crippen LogP contribution in [0.4, 0.5) is 0 Å². The Kier molecular flexibility index (Phi) is 19.4. The van der Waals surface area contributed by atoms with Gasteiger partial charge in [-0.25, -0.2) is 0 Å². The molecule has 0 spiro atoms. The molecule has 4 heteroatoms. The highest BCUT2D eigenvalue weighted by Gasteiger charge is 2.07. The Balaban J connectivity index is 1.80. The molecule has 0 N–H and O–H groups in total. The van der Waals surface area contributed by atoms with Gasteiger partial charge < -0.3 is 9.47 Å². The molecule has 1 rings (SSSR count). The first-order valence-electron chi connectivity index (χ1n) is 13.6. The summed E-state index contributed by atoms with van der Waals surface area (Å²) < 4.78 is 10.5. The van der Waals surface area contributed by atoms with Crippen LogP contribution in [0.2, 0.25) is 0 Å². The smallest absolute Gasteiger partial charge is 0.305 e. The maximum atomic E-state index is 11.8. The minimum absolute atomic E-state index is 0.207. The van der Waals surface area contributed by atoms with Crippen LogP contribution in [-0.4, -0.2) is 25.2 Å². The van der Waals surface area contributed by atoms with Gasteiger partial charge in [-0.2, -0.15) is 0 Å². The van der Waals surface area contributed by atoms with Gasteiger partial charge >= 0.3 is 11.9 Å². The third-order valence-corrected chi connectivity index (χ3v) is 6.02. The summed E-state index contributed by atoms with van der Waals surface area (Å²) in [7, 11) is 0. The van der Waals surface area contributed by atoms with Crippen molar-refractivity contribution in [2.45, 2.75) is 122 Å². The van der Waals surface area contributed by atoms with Crippen LogP contribution in [0.5, 0.6) is 0 Å². The summed E-state index contributed by atoms with van der Waals surface area (Å²) in [5, 5.41) is 0. The molecule has 0 aliphatic rings. The van der Waals surface area contributed by atoms with Crippen LogP contribution in [0.15, 0.2) is 30.3 Å². The zero-order valence-electron chi connectivity index (χ0n) is 21.2. The first-order valence-corrected chi connectivity index (χ1v) is 13.6. The first kappa shape index (κ1) is 29.2. The zero-order chi connectivity index (χ0) is 23.8. The van der Waals surface area contributed by atoms with E-state index in [1.54, 1.807) is 0 Å². The summed E-state index contributed by atoms with van der Waals surface area (Å²) in [6.07, 6.45) is 20.2. The quantitative estimate of drug-likeness (QED) is 0.130. The molecule has 0 aliphatic heterocycles. The predicted octanol–water partition coefficient (Wildman–Crippen LogP) is 7.97. The van der Waals surface area contributed by atoms with E-state index in [2.05, 4.69) is 6.92 Å². The molecule has 0 saturated heterocycles. The summed E-state index contributed by atoms with van der Waals surface area (Å²) in [5.74, 6) is -0.451. The molecule has 0 bridgehead atoms. The highest BCUT2D eigenvalue weighted by molar-refractivity contribution is 5.72. The Bertz CT molecular complexity index is 585. The van der Waals surface area contributed by atoms with Crippen molar-refractivity contribution in [3.05, 3.63) is 35.9 Å². The van der Waals surface area contributed by atoms with E-state index in [4.69, 9.17) is 9.47 Å². The second kappa shape index (κ2) is 22.0. The average molecular weight is 461 g/mol. The van der Waals surface area contributed by atoms with Gasteiger partial charge in [0.2, 0.25) is 0 Å². The molecule has 4 nitrogen and oxygen atoms in total. The van der Waals surface area contributed by atoms with Gasteiger partial charge in [-0.15, -0.1) is 0 Å². The second-order valence-electron chi connectivity index (χ2n) is 9.13. The van der Waals surface area contributed by atoms with Crippen LogP contribution in [0.1, 0.15) is 122 Å². The van der Waals surface area contributed by atoms with Gasteiger partial charge in [-0.05, 0) is 18.4 Å². The van der Waals surface area contributed by atoms with Crippen LogP contribution in [-0.2, 0) is 25.5 Å². The monoisotopic (exact) mass is 460 g/mol. The van der Waals surface area contributed by atoms with Crippen molar-refractivity contribution in [1.82, 2.24) is 0 Å². The topological polar surface area (TPSA) is 52.6 Å². The third kappa shape index (κ3) is 19.3. The highest BCUT2D eigenvalue weighted by Crippen LogP contribution is 2.13. The molecule has 0 radical (unpaired) electrons. The van der Waals surface area contributed by atoms with E-state index in [0.29, 0.717) is 26.1 Å². The van der Waals surface area contributed by atoms with Crippen LogP contribution >= 0.6 is 0 Å². The Labute approximate surface area is 202 Å². The largest absolute Gasteiger partial charge is 0.466 e.